The third kappa shape index (κ3) is 3.00. The number of rotatable bonds is 3. The van der Waals surface area contributed by atoms with Crippen molar-refractivity contribution in [3.05, 3.63) is 64.0 Å². The number of benzene rings is 2. The standard InChI is InChI=1S/C16H13F3N2/c1-9-5-11(6-10(2)14(9)17)8-21-13-4-3-12(7-20)15(18)16(13)19/h3-6,21H,8H2,1-2H3. The first-order chi connectivity index (χ1) is 9.93. The van der Waals surface area contributed by atoms with Crippen LogP contribution in [0.4, 0.5) is 18.9 Å². The van der Waals surface area contributed by atoms with Crippen LogP contribution in [0.25, 0.3) is 0 Å². The van der Waals surface area contributed by atoms with Crippen LogP contribution in [-0.4, -0.2) is 0 Å². The molecule has 0 heterocycles. The molecule has 21 heavy (non-hydrogen) atoms. The van der Waals surface area contributed by atoms with Gasteiger partial charge in [0.25, 0.3) is 0 Å². The lowest BCUT2D eigenvalue weighted by atomic mass is 10.1. The fourth-order valence-corrected chi connectivity index (χ4v) is 2.11. The minimum absolute atomic E-state index is 0.0360. The van der Waals surface area contributed by atoms with E-state index in [1.165, 1.54) is 12.1 Å². The van der Waals surface area contributed by atoms with E-state index in [-0.39, 0.29) is 23.6 Å². The van der Waals surface area contributed by atoms with Gasteiger partial charge in [0, 0.05) is 6.54 Å². The SMILES string of the molecule is Cc1cc(CNc2ccc(C#N)c(F)c2F)cc(C)c1F. The van der Waals surface area contributed by atoms with Gasteiger partial charge in [-0.25, -0.2) is 13.2 Å². The van der Waals surface area contributed by atoms with Gasteiger partial charge in [0.15, 0.2) is 11.6 Å². The molecule has 2 aromatic rings. The molecule has 0 aliphatic carbocycles. The second-order valence-corrected chi connectivity index (χ2v) is 4.80. The Labute approximate surface area is 120 Å². The molecular weight excluding hydrogens is 277 g/mol. The Morgan fingerprint density at radius 2 is 1.62 bits per heavy atom. The highest BCUT2D eigenvalue weighted by Crippen LogP contribution is 2.21. The molecule has 0 fully saturated rings. The van der Waals surface area contributed by atoms with Crippen LogP contribution < -0.4 is 5.32 Å². The summed E-state index contributed by atoms with van der Waals surface area (Å²) in [5.74, 6) is -2.53. The molecule has 0 unspecified atom stereocenters. The number of nitriles is 1. The van der Waals surface area contributed by atoms with Gasteiger partial charge in [-0.3, -0.25) is 0 Å². The van der Waals surface area contributed by atoms with Gasteiger partial charge in [-0.15, -0.1) is 0 Å². The molecule has 0 aliphatic heterocycles. The lowest BCUT2D eigenvalue weighted by Crippen LogP contribution is -2.05. The summed E-state index contributed by atoms with van der Waals surface area (Å²) in [7, 11) is 0. The zero-order chi connectivity index (χ0) is 15.6. The molecule has 0 spiro atoms. The summed E-state index contributed by atoms with van der Waals surface area (Å²) in [6, 6.07) is 7.38. The monoisotopic (exact) mass is 290 g/mol. The van der Waals surface area contributed by atoms with Crippen LogP contribution in [0.5, 0.6) is 0 Å². The molecule has 5 heteroatoms. The van der Waals surface area contributed by atoms with E-state index in [1.807, 2.05) is 0 Å². The van der Waals surface area contributed by atoms with Crippen molar-refractivity contribution in [1.29, 1.82) is 5.26 Å². The zero-order valence-corrected chi connectivity index (χ0v) is 11.6. The quantitative estimate of drug-likeness (QED) is 0.919. The average molecular weight is 290 g/mol. The number of anilines is 1. The first-order valence-electron chi connectivity index (χ1n) is 6.31. The van der Waals surface area contributed by atoms with Crippen molar-refractivity contribution in [3.63, 3.8) is 0 Å². The van der Waals surface area contributed by atoms with Crippen LogP contribution in [0.2, 0.25) is 0 Å². The van der Waals surface area contributed by atoms with Gasteiger partial charge in [0.2, 0.25) is 0 Å². The van der Waals surface area contributed by atoms with Gasteiger partial charge >= 0.3 is 0 Å². The minimum Gasteiger partial charge on any atom is -0.379 e. The normalized spacial score (nSPS) is 10.3. The van der Waals surface area contributed by atoms with Gasteiger partial charge in [0.1, 0.15) is 11.9 Å². The van der Waals surface area contributed by atoms with E-state index < -0.39 is 11.6 Å². The summed E-state index contributed by atoms with van der Waals surface area (Å²) in [5, 5.41) is 11.4. The number of hydrogen-bond acceptors (Lipinski definition) is 2. The fourth-order valence-electron chi connectivity index (χ4n) is 2.11. The summed E-state index contributed by atoms with van der Waals surface area (Å²) in [4.78, 5) is 0. The maximum atomic E-state index is 13.7. The van der Waals surface area contributed by atoms with Gasteiger partial charge in [-0.1, -0.05) is 12.1 Å². The fraction of sp³-hybridized carbons (Fsp3) is 0.188. The first kappa shape index (κ1) is 14.9. The number of aryl methyl sites for hydroxylation is 2. The predicted molar refractivity (Wildman–Crippen MR) is 74.3 cm³/mol. The van der Waals surface area contributed by atoms with Crippen LogP contribution >= 0.6 is 0 Å². The van der Waals surface area contributed by atoms with E-state index in [1.54, 1.807) is 32.0 Å². The molecule has 1 N–H and O–H groups in total. The van der Waals surface area contributed by atoms with Crippen molar-refractivity contribution in [2.24, 2.45) is 0 Å². The Bertz CT molecular complexity index is 710. The van der Waals surface area contributed by atoms with Crippen LogP contribution in [0.15, 0.2) is 24.3 Å². The molecule has 0 atom stereocenters. The van der Waals surface area contributed by atoms with Gasteiger partial charge in [0.05, 0.1) is 11.3 Å². The van der Waals surface area contributed by atoms with E-state index >= 15 is 0 Å². The third-order valence-corrected chi connectivity index (χ3v) is 3.18. The van der Waals surface area contributed by atoms with E-state index in [0.717, 1.165) is 5.56 Å². The van der Waals surface area contributed by atoms with E-state index in [4.69, 9.17) is 5.26 Å². The van der Waals surface area contributed by atoms with Crippen LogP contribution in [0, 0.1) is 42.6 Å². The molecule has 2 aromatic carbocycles. The van der Waals surface area contributed by atoms with Crippen LogP contribution in [-0.2, 0) is 6.54 Å². The molecule has 108 valence electrons. The molecule has 0 saturated carbocycles. The molecule has 0 amide bonds. The zero-order valence-electron chi connectivity index (χ0n) is 11.6. The number of halogens is 3. The largest absolute Gasteiger partial charge is 0.379 e. The summed E-state index contributed by atoms with van der Waals surface area (Å²) < 4.78 is 40.7. The molecule has 0 radical (unpaired) electrons. The highest BCUT2D eigenvalue weighted by molar-refractivity contribution is 5.50. The van der Waals surface area contributed by atoms with Crippen molar-refractivity contribution in [1.82, 2.24) is 0 Å². The van der Waals surface area contributed by atoms with E-state index in [0.29, 0.717) is 11.1 Å². The van der Waals surface area contributed by atoms with Crippen molar-refractivity contribution in [3.8, 4) is 6.07 Å². The number of hydrogen-bond donors (Lipinski definition) is 1. The van der Waals surface area contributed by atoms with E-state index in [2.05, 4.69) is 5.32 Å². The number of nitrogens with one attached hydrogen (secondary N) is 1. The van der Waals surface area contributed by atoms with Crippen LogP contribution in [0.3, 0.4) is 0 Å². The molecule has 2 nitrogen and oxygen atoms in total. The molecule has 0 aliphatic rings. The molecule has 0 aromatic heterocycles. The van der Waals surface area contributed by atoms with Crippen molar-refractivity contribution in [2.75, 3.05) is 5.32 Å². The first-order valence-corrected chi connectivity index (χ1v) is 6.31. The maximum absolute atomic E-state index is 13.7. The smallest absolute Gasteiger partial charge is 0.183 e. The summed E-state index contributed by atoms with van der Waals surface area (Å²) in [6.07, 6.45) is 0. The Morgan fingerprint density at radius 1 is 1.00 bits per heavy atom. The Morgan fingerprint density at radius 3 is 2.19 bits per heavy atom. The number of nitrogens with zero attached hydrogens (tertiary/aromatic N) is 1. The maximum Gasteiger partial charge on any atom is 0.183 e. The Kier molecular flexibility index (Phi) is 4.18. The van der Waals surface area contributed by atoms with Crippen molar-refractivity contribution in [2.45, 2.75) is 20.4 Å². The minimum atomic E-state index is -1.17. The molecule has 2 rings (SSSR count). The third-order valence-electron chi connectivity index (χ3n) is 3.18. The summed E-state index contributed by atoms with van der Waals surface area (Å²) in [5.41, 5.74) is 1.38. The summed E-state index contributed by atoms with van der Waals surface area (Å²) >= 11 is 0. The lowest BCUT2D eigenvalue weighted by Gasteiger charge is -2.11. The highest BCUT2D eigenvalue weighted by Gasteiger charge is 2.13. The molecule has 0 bridgehead atoms. The van der Waals surface area contributed by atoms with Crippen LogP contribution in [0.1, 0.15) is 22.3 Å². The van der Waals surface area contributed by atoms with Crippen molar-refractivity contribution >= 4 is 5.69 Å². The Hall–Kier alpha value is -2.48. The average Bonchev–Trinajstić information content (AvgIpc) is 2.46. The second-order valence-electron chi connectivity index (χ2n) is 4.80. The second kappa shape index (κ2) is 5.88. The van der Waals surface area contributed by atoms with Gasteiger partial charge in [-0.2, -0.15) is 5.26 Å². The van der Waals surface area contributed by atoms with Crippen molar-refractivity contribution < 1.29 is 13.2 Å². The molecule has 0 saturated heterocycles. The predicted octanol–water partition coefficient (Wildman–Crippen LogP) is 4.20. The van der Waals surface area contributed by atoms with E-state index in [9.17, 15) is 13.2 Å². The lowest BCUT2D eigenvalue weighted by molar-refractivity contribution is 0.508. The Balaban J connectivity index is 2.21. The summed E-state index contributed by atoms with van der Waals surface area (Å²) in [6.45, 7) is 3.52. The highest BCUT2D eigenvalue weighted by atomic mass is 19.2. The topological polar surface area (TPSA) is 35.8 Å². The molecular formula is C16H13F3N2. The van der Waals surface area contributed by atoms with Gasteiger partial charge < -0.3 is 5.32 Å². The van der Waals surface area contributed by atoms with Gasteiger partial charge in [-0.05, 0) is 42.7 Å².